The highest BCUT2D eigenvalue weighted by molar-refractivity contribution is 7.89. The normalized spacial score (nSPS) is 19.1. The van der Waals surface area contributed by atoms with Crippen molar-refractivity contribution in [2.45, 2.75) is 50.1 Å². The number of amides is 1. The number of sulfonamides is 1. The van der Waals surface area contributed by atoms with E-state index in [1.54, 1.807) is 42.3 Å². The third kappa shape index (κ3) is 5.79. The van der Waals surface area contributed by atoms with E-state index in [4.69, 9.17) is 16.3 Å². The molecule has 1 N–H and O–H groups in total. The van der Waals surface area contributed by atoms with E-state index in [0.29, 0.717) is 16.5 Å². The van der Waals surface area contributed by atoms with Gasteiger partial charge in [-0.1, -0.05) is 30.7 Å². The van der Waals surface area contributed by atoms with Crippen molar-refractivity contribution in [1.29, 1.82) is 0 Å². The van der Waals surface area contributed by atoms with Crippen molar-refractivity contribution in [2.75, 3.05) is 14.2 Å². The number of nitrogens with one attached hydrogen (secondary N) is 1. The quantitative estimate of drug-likeness (QED) is 0.655. The van der Waals surface area contributed by atoms with Crippen LogP contribution in [0.15, 0.2) is 47.4 Å². The molecular formula is C23H29ClN2O4S. The van der Waals surface area contributed by atoms with E-state index in [1.807, 2.05) is 0 Å². The van der Waals surface area contributed by atoms with E-state index in [1.165, 1.54) is 19.2 Å². The van der Waals surface area contributed by atoms with Crippen LogP contribution in [0, 0.1) is 5.92 Å². The molecule has 168 valence electrons. The molecular weight excluding hydrogens is 436 g/mol. The number of benzene rings is 2. The first-order valence-corrected chi connectivity index (χ1v) is 12.3. The first-order valence-electron chi connectivity index (χ1n) is 10.4. The van der Waals surface area contributed by atoms with Gasteiger partial charge >= 0.3 is 0 Å². The summed E-state index contributed by atoms with van der Waals surface area (Å²) in [5.74, 6) is 0.690. The highest BCUT2D eigenvalue weighted by atomic mass is 35.5. The molecule has 1 aliphatic rings. The number of methoxy groups -OCH3 is 1. The largest absolute Gasteiger partial charge is 0.495 e. The number of ether oxygens (including phenoxy) is 1. The molecule has 0 heterocycles. The van der Waals surface area contributed by atoms with Crippen molar-refractivity contribution >= 4 is 27.5 Å². The van der Waals surface area contributed by atoms with Crippen molar-refractivity contribution in [3.63, 3.8) is 0 Å². The molecule has 0 spiro atoms. The predicted molar refractivity (Wildman–Crippen MR) is 122 cm³/mol. The van der Waals surface area contributed by atoms with E-state index < -0.39 is 10.0 Å². The summed E-state index contributed by atoms with van der Waals surface area (Å²) in [4.78, 5) is 14.8. The van der Waals surface area contributed by atoms with Crippen molar-refractivity contribution in [3.05, 3.63) is 58.6 Å². The van der Waals surface area contributed by atoms with Crippen LogP contribution in [-0.4, -0.2) is 39.4 Å². The zero-order valence-electron chi connectivity index (χ0n) is 18.1. The summed E-state index contributed by atoms with van der Waals surface area (Å²) in [6.07, 6.45) is 4.12. The van der Waals surface area contributed by atoms with Crippen LogP contribution in [0.3, 0.4) is 0 Å². The second kappa shape index (κ2) is 10.0. The zero-order chi connectivity index (χ0) is 22.6. The Hall–Kier alpha value is -2.09. The number of hydrogen-bond donors (Lipinski definition) is 1. The monoisotopic (exact) mass is 464 g/mol. The standard InChI is InChI=1S/C23H29ClN2O4S/c1-16-4-11-20(12-5-16)26(2)23(27)18-8-13-21(30-3)22(14-18)31(28,29)25-15-17-6-9-19(24)10-7-17/h6-10,13-14,16,20,25H,4-5,11-12,15H2,1-3H3. The maximum atomic E-state index is 13.1. The number of hydrogen-bond acceptors (Lipinski definition) is 4. The Balaban J connectivity index is 1.80. The third-order valence-electron chi connectivity index (χ3n) is 5.93. The fourth-order valence-electron chi connectivity index (χ4n) is 3.88. The zero-order valence-corrected chi connectivity index (χ0v) is 19.7. The van der Waals surface area contributed by atoms with Crippen LogP contribution in [0.4, 0.5) is 0 Å². The van der Waals surface area contributed by atoms with Crippen LogP contribution < -0.4 is 9.46 Å². The van der Waals surface area contributed by atoms with Crippen molar-refractivity contribution in [3.8, 4) is 5.75 Å². The van der Waals surface area contributed by atoms with E-state index in [0.717, 1.165) is 31.2 Å². The summed E-state index contributed by atoms with van der Waals surface area (Å²) in [6.45, 7) is 2.33. The van der Waals surface area contributed by atoms with Gasteiger partial charge in [-0.05, 0) is 67.5 Å². The topological polar surface area (TPSA) is 75.7 Å². The number of carbonyl (C=O) groups is 1. The summed E-state index contributed by atoms with van der Waals surface area (Å²) >= 11 is 5.88. The van der Waals surface area contributed by atoms with Gasteiger partial charge in [-0.2, -0.15) is 0 Å². The first kappa shape index (κ1) is 23.6. The predicted octanol–water partition coefficient (Wildman–Crippen LogP) is 4.48. The molecule has 8 heteroatoms. The molecule has 1 fully saturated rings. The van der Waals surface area contributed by atoms with Gasteiger partial charge in [0.1, 0.15) is 10.6 Å². The lowest BCUT2D eigenvalue weighted by molar-refractivity contribution is 0.0679. The Labute approximate surface area is 189 Å². The lowest BCUT2D eigenvalue weighted by Crippen LogP contribution is -2.39. The second-order valence-electron chi connectivity index (χ2n) is 8.15. The van der Waals surface area contributed by atoms with Crippen molar-refractivity contribution in [2.24, 2.45) is 5.92 Å². The summed E-state index contributed by atoms with van der Waals surface area (Å²) in [6, 6.07) is 11.6. The number of halogens is 1. The van der Waals surface area contributed by atoms with Crippen LogP contribution >= 0.6 is 11.6 Å². The molecule has 0 radical (unpaired) electrons. The molecule has 6 nitrogen and oxygen atoms in total. The third-order valence-corrected chi connectivity index (χ3v) is 7.61. The fraction of sp³-hybridized carbons (Fsp3) is 0.435. The summed E-state index contributed by atoms with van der Waals surface area (Å²) in [5, 5.41) is 0.580. The average molecular weight is 465 g/mol. The first-order chi connectivity index (χ1) is 14.7. The van der Waals surface area contributed by atoms with Crippen molar-refractivity contribution < 1.29 is 17.9 Å². The molecule has 2 aromatic carbocycles. The van der Waals surface area contributed by atoms with Crippen molar-refractivity contribution in [1.82, 2.24) is 9.62 Å². The van der Waals surface area contributed by atoms with Crippen LogP contribution in [0.1, 0.15) is 48.5 Å². The molecule has 0 aliphatic heterocycles. The van der Waals surface area contributed by atoms with E-state index >= 15 is 0 Å². The van der Waals surface area contributed by atoms with Gasteiger partial charge in [0, 0.05) is 30.2 Å². The van der Waals surface area contributed by atoms with E-state index in [9.17, 15) is 13.2 Å². The lowest BCUT2D eigenvalue weighted by atomic mass is 9.86. The Morgan fingerprint density at radius 1 is 1.13 bits per heavy atom. The molecule has 1 amide bonds. The summed E-state index contributed by atoms with van der Waals surface area (Å²) < 4.78 is 33.8. The van der Waals surface area contributed by atoms with E-state index in [2.05, 4.69) is 11.6 Å². The molecule has 0 unspecified atom stereocenters. The van der Waals surface area contributed by atoms with Crippen LogP contribution in [0.2, 0.25) is 5.02 Å². The minimum absolute atomic E-state index is 0.0551. The highest BCUT2D eigenvalue weighted by Crippen LogP contribution is 2.29. The van der Waals surface area contributed by atoms with Gasteiger partial charge in [-0.15, -0.1) is 0 Å². The number of nitrogens with zero attached hydrogens (tertiary/aromatic N) is 1. The Morgan fingerprint density at radius 3 is 2.39 bits per heavy atom. The van der Waals surface area contributed by atoms with Crippen LogP contribution in [-0.2, 0) is 16.6 Å². The number of rotatable bonds is 7. The fourth-order valence-corrected chi connectivity index (χ4v) is 5.21. The summed E-state index contributed by atoms with van der Waals surface area (Å²) in [7, 11) is -0.705. The van der Waals surface area contributed by atoms with Gasteiger partial charge in [0.05, 0.1) is 7.11 Å². The average Bonchev–Trinajstić information content (AvgIpc) is 2.78. The van der Waals surface area contributed by atoms with Gasteiger partial charge in [0.15, 0.2) is 0 Å². The molecule has 0 aromatic heterocycles. The SMILES string of the molecule is COc1ccc(C(=O)N(C)C2CCC(C)CC2)cc1S(=O)(=O)NCc1ccc(Cl)cc1. The smallest absolute Gasteiger partial charge is 0.253 e. The Kier molecular flexibility index (Phi) is 7.62. The molecule has 31 heavy (non-hydrogen) atoms. The molecule has 1 aliphatic carbocycles. The van der Waals surface area contributed by atoms with Gasteiger partial charge in [0.2, 0.25) is 10.0 Å². The van der Waals surface area contributed by atoms with E-state index in [-0.39, 0.29) is 29.1 Å². The molecule has 0 atom stereocenters. The second-order valence-corrected chi connectivity index (χ2v) is 10.3. The molecule has 0 bridgehead atoms. The lowest BCUT2D eigenvalue weighted by Gasteiger charge is -2.33. The van der Waals surface area contributed by atoms with Gasteiger partial charge in [0.25, 0.3) is 5.91 Å². The summed E-state index contributed by atoms with van der Waals surface area (Å²) in [5.41, 5.74) is 1.10. The molecule has 2 aromatic rings. The van der Waals surface area contributed by atoms with Gasteiger partial charge in [-0.25, -0.2) is 13.1 Å². The van der Waals surface area contributed by atoms with Gasteiger partial charge in [-0.3, -0.25) is 4.79 Å². The molecule has 0 saturated heterocycles. The maximum absolute atomic E-state index is 13.1. The Bertz CT molecular complexity index is 1020. The number of carbonyl (C=O) groups excluding carboxylic acids is 1. The Morgan fingerprint density at radius 2 is 1.77 bits per heavy atom. The van der Waals surface area contributed by atoms with Crippen LogP contribution in [0.25, 0.3) is 0 Å². The highest BCUT2D eigenvalue weighted by Gasteiger charge is 2.27. The van der Waals surface area contributed by atoms with Crippen LogP contribution in [0.5, 0.6) is 5.75 Å². The minimum atomic E-state index is -3.90. The molecule has 3 rings (SSSR count). The minimum Gasteiger partial charge on any atom is -0.495 e. The maximum Gasteiger partial charge on any atom is 0.253 e. The molecule has 1 saturated carbocycles. The van der Waals surface area contributed by atoms with Gasteiger partial charge < -0.3 is 9.64 Å².